The highest BCUT2D eigenvalue weighted by atomic mass is 19.1. The molecule has 0 radical (unpaired) electrons. The Bertz CT molecular complexity index is 1490. The molecule has 2 aromatic carbocycles. The summed E-state index contributed by atoms with van der Waals surface area (Å²) in [5.41, 5.74) is 2.55. The number of rotatable bonds is 5. The van der Waals surface area contributed by atoms with Crippen LogP contribution in [0.4, 0.5) is 20.3 Å². The van der Waals surface area contributed by atoms with Crippen molar-refractivity contribution < 1.29 is 18.6 Å². The molecule has 2 unspecified atom stereocenters. The minimum atomic E-state index is -0.813. The van der Waals surface area contributed by atoms with E-state index in [0.717, 1.165) is 61.7 Å². The second-order valence-corrected chi connectivity index (χ2v) is 12.6. The van der Waals surface area contributed by atoms with Crippen molar-refractivity contribution in [1.29, 1.82) is 0 Å². The molecule has 10 heteroatoms. The van der Waals surface area contributed by atoms with Crippen LogP contribution in [0.3, 0.4) is 0 Å². The van der Waals surface area contributed by atoms with E-state index in [1.165, 1.54) is 18.9 Å². The Kier molecular flexibility index (Phi) is 6.00. The van der Waals surface area contributed by atoms with Crippen LogP contribution < -0.4 is 19.9 Å². The first-order valence-corrected chi connectivity index (χ1v) is 15.0. The lowest BCUT2D eigenvalue weighted by molar-refractivity contribution is 0.107. The van der Waals surface area contributed by atoms with Gasteiger partial charge in [-0.15, -0.1) is 0 Å². The molecule has 1 aromatic heterocycles. The standard InChI is InChI=1S/C31H36F2N6O2/c32-20-13-31(8-2-9-39(31)14-20)18-41-30-35-26-17-37(27-4-1-3-19-11-23(40)12-25(33)28(19)27)10-7-24(26)29(36-30)38-15-21-5-6-22(16-38)34-21/h1,3-4,11-12,20-22,34,40H,2,5-10,13-18H2/t20-,21?,22?,31+/m1/s1. The maximum atomic E-state index is 15.1. The van der Waals surface area contributed by atoms with Crippen LogP contribution in [0.15, 0.2) is 30.3 Å². The van der Waals surface area contributed by atoms with Crippen LogP contribution in [0.25, 0.3) is 10.8 Å². The average molecular weight is 563 g/mol. The van der Waals surface area contributed by atoms with Crippen LogP contribution in [0.5, 0.6) is 11.8 Å². The first-order valence-electron chi connectivity index (χ1n) is 15.0. The number of phenolic OH excluding ortho intramolecular Hbond substituents is 1. The predicted molar refractivity (Wildman–Crippen MR) is 153 cm³/mol. The van der Waals surface area contributed by atoms with Crippen molar-refractivity contribution in [1.82, 2.24) is 20.2 Å². The van der Waals surface area contributed by atoms with Gasteiger partial charge in [0.1, 0.15) is 30.2 Å². The summed E-state index contributed by atoms with van der Waals surface area (Å²) in [5.74, 6) is 0.433. The fraction of sp³-hybridized carbons (Fsp3) is 0.548. The van der Waals surface area contributed by atoms with Gasteiger partial charge in [-0.2, -0.15) is 9.97 Å². The second-order valence-electron chi connectivity index (χ2n) is 12.6. The monoisotopic (exact) mass is 562 g/mol. The largest absolute Gasteiger partial charge is 0.508 e. The van der Waals surface area contributed by atoms with Crippen LogP contribution in [0.1, 0.15) is 43.4 Å². The van der Waals surface area contributed by atoms with E-state index in [0.29, 0.717) is 61.5 Å². The number of nitrogens with one attached hydrogen (secondary N) is 1. The minimum absolute atomic E-state index is 0.0815. The van der Waals surface area contributed by atoms with Gasteiger partial charge in [-0.1, -0.05) is 12.1 Å². The third-order valence-electron chi connectivity index (χ3n) is 10.0. The van der Waals surface area contributed by atoms with E-state index in [-0.39, 0.29) is 11.3 Å². The lowest BCUT2D eigenvalue weighted by atomic mass is 9.95. The molecular formula is C31H36F2N6O2. The van der Waals surface area contributed by atoms with E-state index < -0.39 is 12.0 Å². The highest BCUT2D eigenvalue weighted by Gasteiger charge is 2.49. The first-order chi connectivity index (χ1) is 19.9. The second kappa shape index (κ2) is 9.66. The third kappa shape index (κ3) is 4.37. The minimum Gasteiger partial charge on any atom is -0.508 e. The number of hydrogen-bond donors (Lipinski definition) is 2. The number of piperazine rings is 1. The Morgan fingerprint density at radius 3 is 2.78 bits per heavy atom. The molecule has 0 saturated carbocycles. The first kappa shape index (κ1) is 25.5. The van der Waals surface area contributed by atoms with E-state index in [1.807, 2.05) is 18.2 Å². The summed E-state index contributed by atoms with van der Waals surface area (Å²) in [6, 6.07) is 9.70. The van der Waals surface area contributed by atoms with Crippen molar-refractivity contribution in [2.24, 2.45) is 0 Å². The van der Waals surface area contributed by atoms with Crippen molar-refractivity contribution in [3.63, 3.8) is 0 Å². The maximum absolute atomic E-state index is 15.1. The molecule has 2 bridgehead atoms. The van der Waals surface area contributed by atoms with E-state index >= 15 is 4.39 Å². The molecule has 4 fully saturated rings. The SMILES string of the molecule is Oc1cc(F)c2c(N3CCc4c(nc(OC[C@@]56CCCN5C[C@H](F)C6)nc4N4CC5CCC(C4)N5)C3)cccc2c1. The molecule has 4 saturated heterocycles. The average Bonchev–Trinajstić information content (AvgIpc) is 3.60. The maximum Gasteiger partial charge on any atom is 0.318 e. The summed E-state index contributed by atoms with van der Waals surface area (Å²) in [6.07, 6.45) is 4.77. The van der Waals surface area contributed by atoms with Gasteiger partial charge >= 0.3 is 6.01 Å². The molecule has 3 aromatic rings. The Morgan fingerprint density at radius 2 is 1.93 bits per heavy atom. The van der Waals surface area contributed by atoms with E-state index in [2.05, 4.69) is 20.0 Å². The number of aromatic nitrogens is 2. The van der Waals surface area contributed by atoms with Crippen LogP contribution in [0.2, 0.25) is 0 Å². The molecule has 5 aliphatic rings. The number of fused-ring (bicyclic) bond motifs is 5. The predicted octanol–water partition coefficient (Wildman–Crippen LogP) is 3.93. The molecule has 2 N–H and O–H groups in total. The summed E-state index contributed by atoms with van der Waals surface area (Å²) in [6.45, 7) is 4.81. The summed E-state index contributed by atoms with van der Waals surface area (Å²) < 4.78 is 35.9. The smallest absolute Gasteiger partial charge is 0.318 e. The van der Waals surface area contributed by atoms with Crippen LogP contribution in [0, 0.1) is 5.82 Å². The van der Waals surface area contributed by atoms with Gasteiger partial charge in [-0.3, -0.25) is 4.90 Å². The molecule has 216 valence electrons. The van der Waals surface area contributed by atoms with Crippen molar-refractivity contribution in [2.75, 3.05) is 49.1 Å². The highest BCUT2D eigenvalue weighted by molar-refractivity contribution is 5.95. The molecule has 8 rings (SSSR count). The Balaban J connectivity index is 1.14. The Morgan fingerprint density at radius 1 is 1.07 bits per heavy atom. The van der Waals surface area contributed by atoms with Gasteiger partial charge in [-0.05, 0) is 56.2 Å². The van der Waals surface area contributed by atoms with Gasteiger partial charge in [0.05, 0.1) is 17.8 Å². The number of aromatic hydroxyl groups is 1. The van der Waals surface area contributed by atoms with Gasteiger partial charge < -0.3 is 25.0 Å². The topological polar surface area (TPSA) is 77.0 Å². The molecule has 0 amide bonds. The number of anilines is 2. The van der Waals surface area contributed by atoms with Crippen LogP contribution >= 0.6 is 0 Å². The third-order valence-corrected chi connectivity index (χ3v) is 10.0. The summed E-state index contributed by atoms with van der Waals surface area (Å²) in [5, 5.41) is 14.8. The molecule has 41 heavy (non-hydrogen) atoms. The van der Waals surface area contributed by atoms with Gasteiger partial charge in [0.25, 0.3) is 0 Å². The van der Waals surface area contributed by atoms with Crippen molar-refractivity contribution in [3.05, 3.63) is 47.4 Å². The summed E-state index contributed by atoms with van der Waals surface area (Å²) in [7, 11) is 0. The highest BCUT2D eigenvalue weighted by Crippen LogP contribution is 2.41. The lowest BCUT2D eigenvalue weighted by Crippen LogP contribution is -2.52. The number of hydrogen-bond acceptors (Lipinski definition) is 8. The van der Waals surface area contributed by atoms with E-state index in [9.17, 15) is 9.50 Å². The summed E-state index contributed by atoms with van der Waals surface area (Å²) in [4.78, 5) is 16.8. The number of benzene rings is 2. The zero-order valence-corrected chi connectivity index (χ0v) is 23.2. The van der Waals surface area contributed by atoms with Crippen molar-refractivity contribution in [3.8, 4) is 11.8 Å². The number of ether oxygens (including phenoxy) is 1. The molecule has 4 atom stereocenters. The molecule has 6 heterocycles. The van der Waals surface area contributed by atoms with Crippen molar-refractivity contribution in [2.45, 2.75) is 68.9 Å². The zero-order chi connectivity index (χ0) is 27.7. The fourth-order valence-electron chi connectivity index (χ4n) is 8.14. The number of alkyl halides is 1. The summed E-state index contributed by atoms with van der Waals surface area (Å²) >= 11 is 0. The molecule has 5 aliphatic heterocycles. The van der Waals surface area contributed by atoms with Crippen LogP contribution in [-0.2, 0) is 13.0 Å². The van der Waals surface area contributed by atoms with Gasteiger partial charge in [0.2, 0.25) is 0 Å². The van der Waals surface area contributed by atoms with E-state index in [4.69, 9.17) is 14.7 Å². The number of nitrogens with zero attached hydrogens (tertiary/aromatic N) is 5. The zero-order valence-electron chi connectivity index (χ0n) is 23.2. The quantitative estimate of drug-likeness (QED) is 0.485. The Hall–Kier alpha value is -3.24. The van der Waals surface area contributed by atoms with Crippen LogP contribution in [-0.4, -0.2) is 83.1 Å². The number of halogens is 2. The molecule has 0 spiro atoms. The van der Waals surface area contributed by atoms with Gasteiger partial charge in [0, 0.05) is 67.4 Å². The van der Waals surface area contributed by atoms with Crippen molar-refractivity contribution >= 4 is 22.3 Å². The number of phenols is 1. The molecule has 8 nitrogen and oxygen atoms in total. The normalized spacial score (nSPS) is 29.3. The Labute approximate surface area is 238 Å². The molecular weight excluding hydrogens is 526 g/mol. The molecule has 0 aliphatic carbocycles. The van der Waals surface area contributed by atoms with E-state index in [1.54, 1.807) is 6.07 Å². The van der Waals surface area contributed by atoms with Gasteiger partial charge in [-0.25, -0.2) is 8.78 Å². The van der Waals surface area contributed by atoms with Gasteiger partial charge in [0.15, 0.2) is 0 Å². The fourth-order valence-corrected chi connectivity index (χ4v) is 8.14. The lowest BCUT2D eigenvalue weighted by Gasteiger charge is -2.38.